The van der Waals surface area contributed by atoms with Crippen molar-refractivity contribution in [2.75, 3.05) is 42.5 Å². The monoisotopic (exact) mass is 438 g/mol. The molecule has 4 rings (SSSR count). The van der Waals surface area contributed by atoms with Gasteiger partial charge in [0.2, 0.25) is 17.8 Å². The van der Waals surface area contributed by atoms with E-state index in [0.717, 1.165) is 51.6 Å². The number of ketones is 1. The Labute approximate surface area is 191 Å². The zero-order valence-corrected chi connectivity index (χ0v) is 20.3. The van der Waals surface area contributed by atoms with E-state index in [0.29, 0.717) is 11.5 Å². The summed E-state index contributed by atoms with van der Waals surface area (Å²) < 4.78 is 2.35. The van der Waals surface area contributed by atoms with E-state index in [4.69, 9.17) is 4.98 Å². The topological polar surface area (TPSA) is 69.3 Å². The van der Waals surface area contributed by atoms with Crippen LogP contribution in [-0.2, 0) is 13.1 Å². The molecular weight excluding hydrogens is 402 g/mol. The average molecular weight is 439 g/mol. The smallest absolute Gasteiger partial charge is 0.225 e. The Morgan fingerprint density at radius 2 is 1.50 bits per heavy atom. The molecule has 2 aliphatic heterocycles. The Kier molecular flexibility index (Phi) is 5.92. The fourth-order valence-corrected chi connectivity index (χ4v) is 4.22. The highest BCUT2D eigenvalue weighted by atomic mass is 16.1. The fourth-order valence-electron chi connectivity index (χ4n) is 4.22. The predicted molar refractivity (Wildman–Crippen MR) is 125 cm³/mol. The highest BCUT2D eigenvalue weighted by molar-refractivity contribution is 5.99. The van der Waals surface area contributed by atoms with Gasteiger partial charge in [0.1, 0.15) is 0 Å². The molecule has 0 aromatic carbocycles. The molecule has 0 N–H and O–H groups in total. The maximum absolute atomic E-state index is 12.4. The number of rotatable bonds is 3. The molecule has 0 bridgehead atoms. The molecule has 32 heavy (non-hydrogen) atoms. The Bertz CT molecular complexity index is 967. The minimum absolute atomic E-state index is 0.0653. The molecule has 0 amide bonds. The summed E-state index contributed by atoms with van der Waals surface area (Å²) in [7, 11) is 0. The second kappa shape index (κ2) is 8.39. The first-order valence-electron chi connectivity index (χ1n) is 11.5. The summed E-state index contributed by atoms with van der Waals surface area (Å²) in [5.74, 6) is 1.78. The lowest BCUT2D eigenvalue weighted by Gasteiger charge is -2.37. The van der Waals surface area contributed by atoms with Gasteiger partial charge in [0.05, 0.1) is 24.8 Å². The number of piperazine rings is 1. The molecule has 0 unspecified atom stereocenters. The Morgan fingerprint density at radius 3 is 2.09 bits per heavy atom. The number of Topliss-reactive ketones (excluding diaryl/α,β-unsaturated/α-hetero) is 1. The minimum Gasteiger partial charge on any atom is -0.348 e. The van der Waals surface area contributed by atoms with Crippen LogP contribution in [0.3, 0.4) is 0 Å². The number of carbonyl (C=O) groups is 1. The van der Waals surface area contributed by atoms with E-state index in [1.54, 1.807) is 12.4 Å². The zero-order valence-electron chi connectivity index (χ0n) is 20.3. The molecule has 2 aromatic rings. The number of fused-ring (bicyclic) bond motifs is 1. The van der Waals surface area contributed by atoms with Gasteiger partial charge >= 0.3 is 0 Å². The zero-order chi connectivity index (χ0) is 23.1. The number of hydrogen-bond acceptors (Lipinski definition) is 7. The molecule has 0 aliphatic carbocycles. The van der Waals surface area contributed by atoms with Gasteiger partial charge in [-0.05, 0) is 20.8 Å². The van der Waals surface area contributed by atoms with Gasteiger partial charge in [-0.1, -0.05) is 20.8 Å². The van der Waals surface area contributed by atoms with Gasteiger partial charge < -0.3 is 9.80 Å². The third-order valence-electron chi connectivity index (χ3n) is 6.37. The van der Waals surface area contributed by atoms with Crippen LogP contribution in [0.25, 0.3) is 0 Å². The van der Waals surface area contributed by atoms with Crippen LogP contribution in [-0.4, -0.2) is 63.9 Å². The molecule has 172 valence electrons. The van der Waals surface area contributed by atoms with Crippen molar-refractivity contribution in [2.45, 2.75) is 60.2 Å². The van der Waals surface area contributed by atoms with Crippen molar-refractivity contribution in [1.29, 1.82) is 0 Å². The van der Waals surface area contributed by atoms with E-state index in [1.165, 1.54) is 5.69 Å². The number of carbonyl (C=O) groups excluding carboxylic acids is 1. The first-order valence-corrected chi connectivity index (χ1v) is 11.5. The van der Waals surface area contributed by atoms with Crippen LogP contribution in [0.4, 0.5) is 11.8 Å². The molecule has 0 saturated carbocycles. The molecule has 1 saturated heterocycles. The third-order valence-corrected chi connectivity index (χ3v) is 6.37. The van der Waals surface area contributed by atoms with Gasteiger partial charge in [0, 0.05) is 49.5 Å². The molecule has 0 radical (unpaired) electrons. The first-order chi connectivity index (χ1) is 15.0. The van der Waals surface area contributed by atoms with E-state index in [-0.39, 0.29) is 11.3 Å². The molecule has 0 spiro atoms. The van der Waals surface area contributed by atoms with Crippen LogP contribution in [0.2, 0.25) is 0 Å². The van der Waals surface area contributed by atoms with E-state index >= 15 is 0 Å². The number of aromatic nitrogens is 4. The predicted octanol–water partition coefficient (Wildman–Crippen LogP) is 2.33. The van der Waals surface area contributed by atoms with Gasteiger partial charge in [0.25, 0.3) is 0 Å². The van der Waals surface area contributed by atoms with Crippen LogP contribution in [0, 0.1) is 5.41 Å². The van der Waals surface area contributed by atoms with E-state index in [1.807, 2.05) is 27.0 Å². The second-order valence-electron chi connectivity index (χ2n) is 10.8. The summed E-state index contributed by atoms with van der Waals surface area (Å²) in [5.41, 5.74) is 1.58. The van der Waals surface area contributed by atoms with Crippen LogP contribution >= 0.6 is 0 Å². The molecule has 1 fully saturated rings. The van der Waals surface area contributed by atoms with E-state index in [2.05, 4.69) is 56.2 Å². The van der Waals surface area contributed by atoms with Crippen LogP contribution in [0.1, 0.15) is 57.6 Å². The van der Waals surface area contributed by atoms with Crippen LogP contribution in [0.5, 0.6) is 0 Å². The largest absolute Gasteiger partial charge is 0.348 e. The molecule has 2 aromatic heterocycles. The lowest BCUT2D eigenvalue weighted by atomic mass is 9.88. The summed E-state index contributed by atoms with van der Waals surface area (Å²) in [6.45, 7) is 18.9. The maximum Gasteiger partial charge on any atom is 0.225 e. The van der Waals surface area contributed by atoms with Gasteiger partial charge in [-0.25, -0.2) is 15.0 Å². The molecular formula is C24H36N7O+. The second-order valence-corrected chi connectivity index (χ2v) is 10.8. The number of anilines is 2. The first kappa shape index (κ1) is 22.6. The Hall–Kier alpha value is -2.61. The van der Waals surface area contributed by atoms with Gasteiger partial charge in [0.15, 0.2) is 18.1 Å². The molecule has 8 heteroatoms. The van der Waals surface area contributed by atoms with Crippen molar-refractivity contribution in [3.05, 3.63) is 36.0 Å². The van der Waals surface area contributed by atoms with Crippen LogP contribution < -0.4 is 14.4 Å². The maximum atomic E-state index is 12.4. The van der Waals surface area contributed by atoms with Crippen molar-refractivity contribution in [2.24, 2.45) is 5.41 Å². The molecule has 0 atom stereocenters. The normalized spacial score (nSPS) is 17.9. The number of nitrogens with zero attached hydrogens (tertiary/aromatic N) is 7. The SMILES string of the molecule is CC(C)(C)C(=O)c1cnc(N2CCN(c3c[n+]4c(cn3)CN(C(C)(C)C)CC4)CC2)nc1. The minimum atomic E-state index is -0.429. The van der Waals surface area contributed by atoms with Crippen LogP contribution in [0.15, 0.2) is 24.8 Å². The quantitative estimate of drug-likeness (QED) is 0.538. The van der Waals surface area contributed by atoms with Gasteiger partial charge in [-0.15, -0.1) is 0 Å². The summed E-state index contributed by atoms with van der Waals surface area (Å²) in [5, 5.41) is 0. The lowest BCUT2D eigenvalue weighted by molar-refractivity contribution is -0.712. The lowest BCUT2D eigenvalue weighted by Crippen LogP contribution is -2.56. The Morgan fingerprint density at radius 1 is 0.875 bits per heavy atom. The van der Waals surface area contributed by atoms with Crippen molar-refractivity contribution >= 4 is 17.5 Å². The molecule has 8 nitrogen and oxygen atoms in total. The van der Waals surface area contributed by atoms with Gasteiger partial charge in [-0.3, -0.25) is 9.69 Å². The van der Waals surface area contributed by atoms with Crippen molar-refractivity contribution in [1.82, 2.24) is 19.9 Å². The molecule has 2 aliphatic rings. The summed E-state index contributed by atoms with van der Waals surface area (Å²) in [6, 6.07) is 0. The van der Waals surface area contributed by atoms with E-state index < -0.39 is 5.41 Å². The number of hydrogen-bond donors (Lipinski definition) is 0. The van der Waals surface area contributed by atoms with Crippen molar-refractivity contribution in [3.8, 4) is 0 Å². The summed E-state index contributed by atoms with van der Waals surface area (Å²) >= 11 is 0. The Balaban J connectivity index is 1.38. The third kappa shape index (κ3) is 4.75. The highest BCUT2D eigenvalue weighted by Crippen LogP contribution is 2.22. The summed E-state index contributed by atoms with van der Waals surface area (Å²) in [4.78, 5) is 33.1. The van der Waals surface area contributed by atoms with Gasteiger partial charge in [-0.2, -0.15) is 4.57 Å². The summed E-state index contributed by atoms with van der Waals surface area (Å²) in [6.07, 6.45) is 7.55. The van der Waals surface area contributed by atoms with E-state index in [9.17, 15) is 4.79 Å². The van der Waals surface area contributed by atoms with Crippen molar-refractivity contribution < 1.29 is 9.36 Å². The average Bonchev–Trinajstić information content (AvgIpc) is 2.77. The standard InChI is InChI=1S/C24H36N7O/c1-23(2,3)21(32)18-13-26-22(27-14-18)29-9-7-28(8-10-29)20-17-30-11-12-31(24(4,5)6)16-19(30)15-25-20/h13-15,17H,7-12,16H2,1-6H3/q+1. The highest BCUT2D eigenvalue weighted by Gasteiger charge is 2.31. The molecule has 4 heterocycles. The fraction of sp³-hybridized carbons (Fsp3) is 0.625. The van der Waals surface area contributed by atoms with Crippen molar-refractivity contribution in [3.63, 3.8) is 0 Å².